The second kappa shape index (κ2) is 12.0. The molecular weight excluding hydrogens is 414 g/mol. The topological polar surface area (TPSA) is 21.7 Å². The summed E-state index contributed by atoms with van der Waals surface area (Å²) in [5.74, 6) is 8.89. The van der Waals surface area contributed by atoms with E-state index in [0.717, 1.165) is 31.1 Å². The Labute approximate surface area is 197 Å². The molecule has 0 spiro atoms. The first-order chi connectivity index (χ1) is 15.1. The second-order valence-electron chi connectivity index (χ2n) is 9.35. The molecule has 0 saturated carbocycles. The maximum Gasteiger partial charge on any atom is 0.131 e. The molecule has 0 aliphatic carbocycles. The molecule has 0 N–H and O–H groups in total. The molecule has 3 nitrogen and oxygen atoms in total. The van der Waals surface area contributed by atoms with Gasteiger partial charge in [-0.1, -0.05) is 49.1 Å². The van der Waals surface area contributed by atoms with E-state index in [1.165, 1.54) is 10.5 Å². The zero-order valence-electron chi connectivity index (χ0n) is 20.8. The number of para-hydroxylation sites is 1. The van der Waals surface area contributed by atoms with Crippen molar-refractivity contribution in [3.8, 4) is 23.3 Å². The van der Waals surface area contributed by atoms with Crippen molar-refractivity contribution in [3.63, 3.8) is 0 Å². The maximum atomic E-state index is 6.26. The molecule has 0 atom stereocenters. The van der Waals surface area contributed by atoms with Gasteiger partial charge in [0.1, 0.15) is 17.4 Å². The molecule has 2 aromatic rings. The fraction of sp³-hybridized carbons (Fsp3) is 0.429. The van der Waals surface area contributed by atoms with Crippen LogP contribution in [-0.2, 0) is 6.54 Å². The van der Waals surface area contributed by atoms with E-state index in [2.05, 4.69) is 93.4 Å². The highest BCUT2D eigenvalue weighted by molar-refractivity contribution is 8.32. The lowest BCUT2D eigenvalue weighted by Crippen LogP contribution is -2.22. The van der Waals surface area contributed by atoms with Crippen LogP contribution in [0.15, 0.2) is 65.6 Å². The van der Waals surface area contributed by atoms with E-state index in [-0.39, 0.29) is 5.41 Å². The van der Waals surface area contributed by atoms with Gasteiger partial charge in [-0.25, -0.2) is 0 Å². The standard InChI is InChI=1S/C28H39NO2S/c1-8-29(20-13-9-12-19-28(2,3)4)22-24-15-14-16-25(21-24)31-23-32(6,7)27-18-11-10-17-26(27)30-5/h9-11,13-18,21H,8,20,22-23H2,1-7H3/b13-9+. The average Bonchev–Trinajstić information content (AvgIpc) is 2.76. The minimum absolute atomic E-state index is 0.0388. The van der Waals surface area contributed by atoms with Crippen LogP contribution in [0.25, 0.3) is 0 Å². The quantitative estimate of drug-likeness (QED) is 0.379. The van der Waals surface area contributed by atoms with E-state index in [4.69, 9.17) is 9.47 Å². The summed E-state index contributed by atoms with van der Waals surface area (Å²) >= 11 is 0. The average molecular weight is 454 g/mol. The largest absolute Gasteiger partial charge is 0.496 e. The van der Waals surface area contributed by atoms with Gasteiger partial charge in [0.05, 0.1) is 7.11 Å². The monoisotopic (exact) mass is 453 g/mol. The molecule has 32 heavy (non-hydrogen) atoms. The summed E-state index contributed by atoms with van der Waals surface area (Å²) in [7, 11) is 0.577. The molecule has 174 valence electrons. The fourth-order valence-electron chi connectivity index (χ4n) is 3.17. The van der Waals surface area contributed by atoms with Crippen LogP contribution in [0.1, 0.15) is 33.3 Å². The molecule has 0 aliphatic heterocycles. The van der Waals surface area contributed by atoms with Crippen molar-refractivity contribution < 1.29 is 9.47 Å². The van der Waals surface area contributed by atoms with Crippen LogP contribution in [0.4, 0.5) is 0 Å². The number of benzene rings is 2. The maximum absolute atomic E-state index is 6.26. The minimum atomic E-state index is -1.15. The first-order valence-corrected chi connectivity index (χ1v) is 13.7. The Balaban J connectivity index is 1.98. The predicted octanol–water partition coefficient (Wildman–Crippen LogP) is 6.58. The number of hydrogen-bond donors (Lipinski definition) is 0. The number of likely N-dealkylation sites (N-methyl/N-ethyl adjacent to an activating group) is 1. The predicted molar refractivity (Wildman–Crippen MR) is 140 cm³/mol. The summed E-state index contributed by atoms with van der Waals surface area (Å²) in [5.41, 5.74) is 1.29. The van der Waals surface area contributed by atoms with Gasteiger partial charge in [0, 0.05) is 23.4 Å². The number of hydrogen-bond acceptors (Lipinski definition) is 3. The summed E-state index contributed by atoms with van der Waals surface area (Å²) in [5, 5.41) is 0. The molecule has 4 heteroatoms. The molecule has 0 saturated heterocycles. The van der Waals surface area contributed by atoms with Gasteiger partial charge in [0.2, 0.25) is 0 Å². The number of methoxy groups -OCH3 is 1. The van der Waals surface area contributed by atoms with Gasteiger partial charge in [-0.3, -0.25) is 4.90 Å². The summed E-state index contributed by atoms with van der Waals surface area (Å²) in [6, 6.07) is 16.7. The lowest BCUT2D eigenvalue weighted by molar-refractivity contribution is 0.310. The van der Waals surface area contributed by atoms with Gasteiger partial charge >= 0.3 is 0 Å². The zero-order chi connectivity index (χ0) is 23.6. The molecule has 0 amide bonds. The Bertz CT molecular complexity index is 948. The molecular formula is C28H39NO2S. The van der Waals surface area contributed by atoms with E-state index < -0.39 is 10.0 Å². The van der Waals surface area contributed by atoms with Crippen molar-refractivity contribution in [3.05, 3.63) is 66.2 Å². The highest BCUT2D eigenvalue weighted by Crippen LogP contribution is 2.52. The van der Waals surface area contributed by atoms with Crippen molar-refractivity contribution in [1.82, 2.24) is 4.90 Å². The van der Waals surface area contributed by atoms with Crippen LogP contribution < -0.4 is 9.47 Å². The number of nitrogens with zero attached hydrogens (tertiary/aromatic N) is 1. The summed E-state index contributed by atoms with van der Waals surface area (Å²) in [6.07, 6.45) is 8.64. The Kier molecular flexibility index (Phi) is 9.75. The lowest BCUT2D eigenvalue weighted by Gasteiger charge is -2.32. The fourth-order valence-corrected chi connectivity index (χ4v) is 4.87. The molecule has 0 radical (unpaired) electrons. The van der Waals surface area contributed by atoms with Crippen LogP contribution >= 0.6 is 10.0 Å². The van der Waals surface area contributed by atoms with Crippen LogP contribution in [0.3, 0.4) is 0 Å². The number of allylic oxidation sites excluding steroid dienone is 1. The van der Waals surface area contributed by atoms with Crippen LogP contribution in [0, 0.1) is 17.3 Å². The van der Waals surface area contributed by atoms with E-state index in [1.54, 1.807) is 7.11 Å². The van der Waals surface area contributed by atoms with Crippen molar-refractivity contribution in [2.24, 2.45) is 5.41 Å². The zero-order valence-corrected chi connectivity index (χ0v) is 21.6. The summed E-state index contributed by atoms with van der Waals surface area (Å²) < 4.78 is 11.8. The summed E-state index contributed by atoms with van der Waals surface area (Å²) in [4.78, 5) is 3.62. The van der Waals surface area contributed by atoms with Gasteiger partial charge in [-0.15, -0.1) is 0 Å². The number of ether oxygens (including phenoxy) is 2. The second-order valence-corrected chi connectivity index (χ2v) is 13.1. The molecule has 0 bridgehead atoms. The first kappa shape index (κ1) is 25.9. The van der Waals surface area contributed by atoms with E-state index in [1.807, 2.05) is 24.3 Å². The van der Waals surface area contributed by atoms with E-state index in [0.29, 0.717) is 5.94 Å². The molecule has 0 aliphatic rings. The molecule has 0 unspecified atom stereocenters. The molecule has 0 heterocycles. The van der Waals surface area contributed by atoms with Gasteiger partial charge < -0.3 is 9.47 Å². The third kappa shape index (κ3) is 8.65. The molecule has 2 aromatic carbocycles. The Morgan fingerprint density at radius 1 is 1.06 bits per heavy atom. The van der Waals surface area contributed by atoms with Gasteiger partial charge in [-0.05, 0) is 75.7 Å². The van der Waals surface area contributed by atoms with E-state index >= 15 is 0 Å². The van der Waals surface area contributed by atoms with Crippen molar-refractivity contribution in [1.29, 1.82) is 0 Å². The third-order valence-electron chi connectivity index (χ3n) is 4.95. The Morgan fingerprint density at radius 2 is 1.81 bits per heavy atom. The van der Waals surface area contributed by atoms with Crippen molar-refractivity contribution in [2.45, 2.75) is 39.1 Å². The van der Waals surface area contributed by atoms with Gasteiger partial charge in [0.15, 0.2) is 0 Å². The van der Waals surface area contributed by atoms with Crippen molar-refractivity contribution >= 4 is 10.0 Å². The molecule has 0 fully saturated rings. The van der Waals surface area contributed by atoms with Gasteiger partial charge in [0.25, 0.3) is 0 Å². The normalized spacial score (nSPS) is 12.5. The first-order valence-electron chi connectivity index (χ1n) is 11.1. The van der Waals surface area contributed by atoms with Crippen LogP contribution in [0.2, 0.25) is 0 Å². The van der Waals surface area contributed by atoms with Crippen molar-refractivity contribution in [2.75, 3.05) is 38.6 Å². The smallest absolute Gasteiger partial charge is 0.131 e. The van der Waals surface area contributed by atoms with Crippen LogP contribution in [0.5, 0.6) is 11.5 Å². The Hall–Kier alpha value is -2.35. The van der Waals surface area contributed by atoms with E-state index in [9.17, 15) is 0 Å². The Morgan fingerprint density at radius 3 is 2.50 bits per heavy atom. The molecule has 0 aromatic heterocycles. The van der Waals surface area contributed by atoms with Crippen LogP contribution in [-0.4, -0.2) is 43.5 Å². The lowest BCUT2D eigenvalue weighted by atomic mass is 9.98. The SMILES string of the molecule is CCN(C/C=C/C#CC(C)(C)C)Cc1cccc(OCS(C)(C)c2ccccc2OC)c1. The molecule has 2 rings (SSSR count). The highest BCUT2D eigenvalue weighted by atomic mass is 32.3. The van der Waals surface area contributed by atoms with Gasteiger partial charge in [-0.2, -0.15) is 10.0 Å². The third-order valence-corrected chi connectivity index (χ3v) is 7.18. The number of rotatable bonds is 10. The minimum Gasteiger partial charge on any atom is -0.496 e. The highest BCUT2D eigenvalue weighted by Gasteiger charge is 2.20. The summed E-state index contributed by atoms with van der Waals surface area (Å²) in [6.45, 7) is 11.3.